The first-order valence-electron chi connectivity index (χ1n) is 1.26. The second-order valence-electron chi connectivity index (χ2n) is 0.486. The SMILES string of the molecule is O=[Si]([O-])[O-].[Al+2][O][AlH2]. The third-order valence-electron chi connectivity index (χ3n) is 0. The van der Waals surface area contributed by atoms with Crippen molar-refractivity contribution in [1.29, 1.82) is 0 Å². The van der Waals surface area contributed by atoms with Crippen molar-refractivity contribution in [3.8, 4) is 0 Å². The zero-order valence-corrected chi connectivity index (χ0v) is 7.87. The molecule has 7 heteroatoms. The van der Waals surface area contributed by atoms with Crippen LogP contribution in [0.15, 0.2) is 0 Å². The summed E-state index contributed by atoms with van der Waals surface area (Å²) >= 11 is 2.97. The normalized spacial score (nSPS) is 6.00. The Bertz CT molecular complexity index is 41.0. The molecule has 7 heavy (non-hydrogen) atoms. The molecule has 0 saturated carbocycles. The molecule has 0 spiro atoms. The van der Waals surface area contributed by atoms with Gasteiger partial charge >= 0.3 is 36.1 Å². The summed E-state index contributed by atoms with van der Waals surface area (Å²) in [5.41, 5.74) is 0. The Balaban J connectivity index is 0. The van der Waals surface area contributed by atoms with Crippen LogP contribution in [0.1, 0.15) is 0 Å². The van der Waals surface area contributed by atoms with Crippen LogP contribution < -0.4 is 9.59 Å². The van der Waals surface area contributed by atoms with E-state index in [4.69, 9.17) is 14.1 Å². The summed E-state index contributed by atoms with van der Waals surface area (Å²) in [5.74, 6) is 0. The van der Waals surface area contributed by atoms with Crippen LogP contribution in [0.4, 0.5) is 0 Å². The van der Waals surface area contributed by atoms with E-state index in [2.05, 4.69) is 19.5 Å². The molecule has 0 aliphatic heterocycles. The maximum atomic E-state index is 8.52. The second kappa shape index (κ2) is 9.81. The Labute approximate surface area is 59.5 Å². The summed E-state index contributed by atoms with van der Waals surface area (Å²) in [4.78, 5) is 17.0. The van der Waals surface area contributed by atoms with E-state index < -0.39 is 9.17 Å². The van der Waals surface area contributed by atoms with Crippen LogP contribution in [-0.2, 0) is 7.30 Å². The van der Waals surface area contributed by atoms with Crippen molar-refractivity contribution in [2.75, 3.05) is 0 Å². The fraction of sp³-hybridized carbons (Fsp3) is 0. The molecule has 0 bridgehead atoms. The van der Waals surface area contributed by atoms with Gasteiger partial charge in [-0.2, -0.15) is 0 Å². The predicted molar refractivity (Wildman–Crippen MR) is 21.8 cm³/mol. The molecular formula is H2Al2O4Si. The monoisotopic (exact) mass is 148 g/mol. The molecule has 0 amide bonds. The number of hydrogen-bond acceptors (Lipinski definition) is 4. The van der Waals surface area contributed by atoms with Gasteiger partial charge in [-0.1, -0.05) is 0 Å². The number of rotatable bonds is 0. The minimum absolute atomic E-state index is 0.832. The quantitative estimate of drug-likeness (QED) is 0.326. The van der Waals surface area contributed by atoms with Gasteiger partial charge < -0.3 is 14.1 Å². The first kappa shape index (κ1) is 10.6. The van der Waals surface area contributed by atoms with Crippen LogP contribution in [0.2, 0.25) is 0 Å². The fourth-order valence-electron chi connectivity index (χ4n) is 0. The summed E-state index contributed by atoms with van der Waals surface area (Å²) in [7, 11) is -3.63. The molecule has 0 heterocycles. The molecule has 0 fully saturated rings. The van der Waals surface area contributed by atoms with E-state index in [1.54, 1.807) is 0 Å². The van der Waals surface area contributed by atoms with Crippen molar-refractivity contribution in [2.24, 2.45) is 0 Å². The van der Waals surface area contributed by atoms with Gasteiger partial charge in [-0.3, -0.25) is 0 Å². The molecule has 0 atom stereocenters. The molecule has 36 valence electrons. The van der Waals surface area contributed by atoms with Crippen molar-refractivity contribution >= 4 is 42.4 Å². The summed E-state index contributed by atoms with van der Waals surface area (Å²) < 4.78 is 12.8. The van der Waals surface area contributed by atoms with E-state index in [1.165, 1.54) is 0 Å². The third-order valence-corrected chi connectivity index (χ3v) is 0. The first-order chi connectivity index (χ1) is 3.15. The van der Waals surface area contributed by atoms with Crippen LogP contribution in [0, 0.1) is 0 Å². The molecule has 0 rings (SSSR count). The van der Waals surface area contributed by atoms with Crippen LogP contribution in [0.3, 0.4) is 0 Å². The summed E-state index contributed by atoms with van der Waals surface area (Å²) in [5, 5.41) is 0. The zero-order valence-electron chi connectivity index (χ0n) is 3.71. The Morgan fingerprint density at radius 3 is 1.71 bits per heavy atom. The summed E-state index contributed by atoms with van der Waals surface area (Å²) in [6.45, 7) is 0. The van der Waals surface area contributed by atoms with Crippen molar-refractivity contribution in [3.63, 3.8) is 0 Å². The topological polar surface area (TPSA) is 72.4 Å². The van der Waals surface area contributed by atoms with Crippen molar-refractivity contribution < 1.29 is 16.9 Å². The first-order valence-corrected chi connectivity index (χ1v) is 3.77. The summed E-state index contributed by atoms with van der Waals surface area (Å²) in [6, 6.07) is 0. The van der Waals surface area contributed by atoms with Gasteiger partial charge in [0.15, 0.2) is 0 Å². The van der Waals surface area contributed by atoms with E-state index >= 15 is 0 Å². The van der Waals surface area contributed by atoms with E-state index in [1.807, 2.05) is 0 Å². The zero-order chi connectivity index (χ0) is 6.28. The van der Waals surface area contributed by atoms with Gasteiger partial charge in [-0.15, -0.1) is 0 Å². The van der Waals surface area contributed by atoms with E-state index in [9.17, 15) is 0 Å². The average Bonchev–Trinajstić information content (AvgIpc) is 1.33. The number of hydrogen-bond donors (Lipinski definition) is 0. The fourth-order valence-corrected chi connectivity index (χ4v) is 0. The van der Waals surface area contributed by atoms with Gasteiger partial charge in [-0.25, -0.2) is 0 Å². The van der Waals surface area contributed by atoms with Crippen LogP contribution in [0.5, 0.6) is 0 Å². The Kier molecular flexibility index (Phi) is 14.8. The van der Waals surface area contributed by atoms with E-state index in [0.717, 1.165) is 16.6 Å². The minimum atomic E-state index is -3.63. The van der Waals surface area contributed by atoms with Crippen molar-refractivity contribution in [1.82, 2.24) is 0 Å². The molecular weight excluding hydrogens is 146 g/mol. The van der Waals surface area contributed by atoms with Crippen molar-refractivity contribution in [2.45, 2.75) is 0 Å². The van der Waals surface area contributed by atoms with E-state index in [0.29, 0.717) is 0 Å². The molecule has 0 aliphatic carbocycles. The van der Waals surface area contributed by atoms with Gasteiger partial charge in [0.25, 0.3) is 0 Å². The third kappa shape index (κ3) is 347. The van der Waals surface area contributed by atoms with Gasteiger partial charge in [0, 0.05) is 9.17 Å². The van der Waals surface area contributed by atoms with Crippen molar-refractivity contribution in [3.05, 3.63) is 0 Å². The Morgan fingerprint density at radius 2 is 1.71 bits per heavy atom. The summed E-state index contributed by atoms with van der Waals surface area (Å²) in [6.07, 6.45) is 0. The molecule has 0 aliphatic rings. The predicted octanol–water partition coefficient (Wildman–Crippen LogP) is -4.24. The van der Waals surface area contributed by atoms with E-state index in [-0.39, 0.29) is 0 Å². The molecule has 0 radical (unpaired) electrons. The van der Waals surface area contributed by atoms with Crippen LogP contribution in [-0.4, -0.2) is 42.4 Å². The van der Waals surface area contributed by atoms with Gasteiger partial charge in [0.1, 0.15) is 0 Å². The molecule has 0 N–H and O–H groups in total. The Morgan fingerprint density at radius 1 is 1.71 bits per heavy atom. The van der Waals surface area contributed by atoms with Crippen LogP contribution in [0.25, 0.3) is 0 Å². The molecule has 4 nitrogen and oxygen atoms in total. The maximum absolute atomic E-state index is 8.52. The molecule has 0 aromatic carbocycles. The van der Waals surface area contributed by atoms with Crippen LogP contribution >= 0.6 is 0 Å². The average molecular weight is 148 g/mol. The van der Waals surface area contributed by atoms with Gasteiger partial charge in [0.2, 0.25) is 0 Å². The second-order valence-corrected chi connectivity index (χ2v) is 2.87. The standard InChI is InChI=1S/2Al.O3Si.O.2H/c;;1-4(2)3;;;/q;+2;-2;;;. The molecule has 0 saturated heterocycles. The molecule has 0 unspecified atom stereocenters. The molecule has 0 aromatic heterocycles. The Hall–Kier alpha value is 0.642. The van der Waals surface area contributed by atoms with Gasteiger partial charge in [0.05, 0.1) is 0 Å². The molecule has 0 aromatic rings. The van der Waals surface area contributed by atoms with Gasteiger partial charge in [-0.05, 0) is 0 Å².